The Morgan fingerprint density at radius 3 is 2.69 bits per heavy atom. The molecule has 1 amide bonds. The molecular weight excluding hydrogens is 198 g/mol. The topological polar surface area (TPSA) is 20.3 Å². The van der Waals surface area contributed by atoms with Crippen molar-refractivity contribution in [2.24, 2.45) is 5.92 Å². The van der Waals surface area contributed by atoms with Crippen LogP contribution in [-0.2, 0) is 4.79 Å². The van der Waals surface area contributed by atoms with Gasteiger partial charge in [0, 0.05) is 19.0 Å². The summed E-state index contributed by atoms with van der Waals surface area (Å²) >= 11 is 0. The summed E-state index contributed by atoms with van der Waals surface area (Å²) in [5.74, 6) is 0.760. The zero-order valence-electron chi connectivity index (χ0n) is 11.0. The van der Waals surface area contributed by atoms with Crippen molar-refractivity contribution >= 4 is 5.91 Å². The first-order valence-electron chi connectivity index (χ1n) is 7.08. The van der Waals surface area contributed by atoms with Gasteiger partial charge >= 0.3 is 0 Å². The predicted octanol–water partition coefficient (Wildman–Crippen LogP) is 3.61. The van der Waals surface area contributed by atoms with Crippen LogP contribution in [0.4, 0.5) is 0 Å². The third kappa shape index (κ3) is 4.15. The molecule has 94 valence electrons. The lowest BCUT2D eigenvalue weighted by atomic mass is 9.95. The van der Waals surface area contributed by atoms with Crippen LogP contribution in [0.2, 0.25) is 0 Å². The van der Waals surface area contributed by atoms with Crippen molar-refractivity contribution in [2.45, 2.75) is 65.2 Å². The number of rotatable bonds is 6. The average Bonchev–Trinajstić information content (AvgIpc) is 2.47. The molecule has 0 aliphatic carbocycles. The molecule has 0 aromatic heterocycles. The molecule has 1 saturated heterocycles. The van der Waals surface area contributed by atoms with Crippen molar-refractivity contribution in [1.82, 2.24) is 4.90 Å². The summed E-state index contributed by atoms with van der Waals surface area (Å²) in [7, 11) is 0. The first-order valence-corrected chi connectivity index (χ1v) is 7.08. The van der Waals surface area contributed by atoms with Crippen LogP contribution in [0.5, 0.6) is 0 Å². The first kappa shape index (κ1) is 13.5. The molecule has 16 heavy (non-hydrogen) atoms. The predicted molar refractivity (Wildman–Crippen MR) is 68.4 cm³/mol. The van der Waals surface area contributed by atoms with Gasteiger partial charge in [-0.25, -0.2) is 0 Å². The van der Waals surface area contributed by atoms with Gasteiger partial charge in [0.1, 0.15) is 0 Å². The molecule has 0 aromatic rings. The lowest BCUT2D eigenvalue weighted by Crippen LogP contribution is -2.34. The van der Waals surface area contributed by atoms with Gasteiger partial charge in [0.25, 0.3) is 0 Å². The molecule has 0 N–H and O–H groups in total. The second-order valence-corrected chi connectivity index (χ2v) is 4.96. The lowest BCUT2D eigenvalue weighted by Gasteiger charge is -2.22. The number of nitrogens with zero attached hydrogens (tertiary/aromatic N) is 1. The number of hydrogen-bond donors (Lipinski definition) is 0. The van der Waals surface area contributed by atoms with E-state index in [4.69, 9.17) is 0 Å². The maximum Gasteiger partial charge on any atom is 0.225 e. The van der Waals surface area contributed by atoms with Gasteiger partial charge in [-0.3, -0.25) is 4.79 Å². The highest BCUT2D eigenvalue weighted by molar-refractivity contribution is 5.79. The van der Waals surface area contributed by atoms with Crippen molar-refractivity contribution in [1.29, 1.82) is 0 Å². The van der Waals surface area contributed by atoms with Crippen LogP contribution in [0.3, 0.4) is 0 Å². The lowest BCUT2D eigenvalue weighted by molar-refractivity contribution is -0.135. The molecule has 0 spiro atoms. The number of unbranched alkanes of at least 4 members (excludes halogenated alkanes) is 3. The standard InChI is InChI=1S/C14H27NO/c1-3-5-6-7-10-13-11-8-9-12-15(4-2)14(13)16/h13H,3-12H2,1-2H3. The second kappa shape index (κ2) is 7.70. The number of amides is 1. The van der Waals surface area contributed by atoms with Gasteiger partial charge in [-0.1, -0.05) is 39.0 Å². The van der Waals surface area contributed by atoms with E-state index in [1.165, 1.54) is 38.5 Å². The fraction of sp³-hybridized carbons (Fsp3) is 0.929. The highest BCUT2D eigenvalue weighted by atomic mass is 16.2. The summed E-state index contributed by atoms with van der Waals surface area (Å²) in [5, 5.41) is 0. The van der Waals surface area contributed by atoms with Crippen LogP contribution in [0.15, 0.2) is 0 Å². The SMILES string of the molecule is CCCCCCC1CCCCN(CC)C1=O. The Labute approximate surface area is 100 Å². The van der Waals surface area contributed by atoms with E-state index in [2.05, 4.69) is 18.7 Å². The maximum atomic E-state index is 12.2. The molecule has 1 aliphatic rings. The van der Waals surface area contributed by atoms with E-state index in [1.807, 2.05) is 0 Å². The fourth-order valence-electron chi connectivity index (χ4n) is 2.58. The Hall–Kier alpha value is -0.530. The number of hydrogen-bond acceptors (Lipinski definition) is 1. The van der Waals surface area contributed by atoms with Crippen LogP contribution < -0.4 is 0 Å². The van der Waals surface area contributed by atoms with Crippen LogP contribution in [0.1, 0.15) is 65.2 Å². The van der Waals surface area contributed by atoms with Crippen molar-refractivity contribution in [3.05, 3.63) is 0 Å². The van der Waals surface area contributed by atoms with E-state index in [0.717, 1.165) is 25.9 Å². The molecule has 0 aromatic carbocycles. The molecule has 1 atom stereocenters. The van der Waals surface area contributed by atoms with Crippen LogP contribution >= 0.6 is 0 Å². The molecule has 2 heteroatoms. The highest BCUT2D eigenvalue weighted by Gasteiger charge is 2.25. The minimum atomic E-state index is 0.333. The molecule has 0 bridgehead atoms. The summed E-state index contributed by atoms with van der Waals surface area (Å²) in [5.41, 5.74) is 0. The largest absolute Gasteiger partial charge is 0.343 e. The maximum absolute atomic E-state index is 12.2. The quantitative estimate of drug-likeness (QED) is 0.632. The second-order valence-electron chi connectivity index (χ2n) is 4.96. The van der Waals surface area contributed by atoms with Gasteiger partial charge in [-0.2, -0.15) is 0 Å². The normalized spacial score (nSPS) is 22.2. The zero-order valence-corrected chi connectivity index (χ0v) is 11.0. The minimum Gasteiger partial charge on any atom is -0.343 e. The smallest absolute Gasteiger partial charge is 0.225 e. The van der Waals surface area contributed by atoms with Gasteiger partial charge in [-0.05, 0) is 26.2 Å². The van der Waals surface area contributed by atoms with E-state index in [9.17, 15) is 4.79 Å². The van der Waals surface area contributed by atoms with Gasteiger partial charge in [0.2, 0.25) is 5.91 Å². The Kier molecular flexibility index (Phi) is 6.51. The van der Waals surface area contributed by atoms with E-state index >= 15 is 0 Å². The van der Waals surface area contributed by atoms with Gasteiger partial charge in [-0.15, -0.1) is 0 Å². The molecule has 2 nitrogen and oxygen atoms in total. The van der Waals surface area contributed by atoms with Crippen molar-refractivity contribution in [3.8, 4) is 0 Å². The van der Waals surface area contributed by atoms with E-state index in [0.29, 0.717) is 11.8 Å². The minimum absolute atomic E-state index is 0.333. The summed E-state index contributed by atoms with van der Waals surface area (Å²) in [6.07, 6.45) is 9.81. The Balaban J connectivity index is 2.34. The molecule has 1 fully saturated rings. The Bertz CT molecular complexity index is 203. The van der Waals surface area contributed by atoms with Gasteiger partial charge in [0.15, 0.2) is 0 Å². The number of carbonyl (C=O) groups excluding carboxylic acids is 1. The van der Waals surface area contributed by atoms with Crippen molar-refractivity contribution in [2.75, 3.05) is 13.1 Å². The van der Waals surface area contributed by atoms with E-state index in [-0.39, 0.29) is 0 Å². The summed E-state index contributed by atoms with van der Waals surface area (Å²) in [6.45, 7) is 6.21. The molecule has 0 saturated carbocycles. The molecule has 1 aliphatic heterocycles. The Morgan fingerprint density at radius 2 is 2.00 bits per heavy atom. The molecule has 0 radical (unpaired) electrons. The average molecular weight is 225 g/mol. The number of carbonyl (C=O) groups is 1. The summed E-state index contributed by atoms with van der Waals surface area (Å²) in [6, 6.07) is 0. The molecule has 1 unspecified atom stereocenters. The van der Waals surface area contributed by atoms with Crippen molar-refractivity contribution in [3.63, 3.8) is 0 Å². The fourth-order valence-corrected chi connectivity index (χ4v) is 2.58. The number of likely N-dealkylation sites (tertiary alicyclic amines) is 1. The Morgan fingerprint density at radius 1 is 1.19 bits per heavy atom. The highest BCUT2D eigenvalue weighted by Crippen LogP contribution is 2.23. The molecule has 1 rings (SSSR count). The van der Waals surface area contributed by atoms with E-state index in [1.54, 1.807) is 0 Å². The third-order valence-electron chi connectivity index (χ3n) is 3.68. The van der Waals surface area contributed by atoms with Crippen molar-refractivity contribution < 1.29 is 4.79 Å². The first-order chi connectivity index (χ1) is 7.79. The van der Waals surface area contributed by atoms with E-state index < -0.39 is 0 Å². The summed E-state index contributed by atoms with van der Waals surface area (Å²) in [4.78, 5) is 14.2. The van der Waals surface area contributed by atoms with Crippen LogP contribution in [-0.4, -0.2) is 23.9 Å². The summed E-state index contributed by atoms with van der Waals surface area (Å²) < 4.78 is 0. The monoisotopic (exact) mass is 225 g/mol. The third-order valence-corrected chi connectivity index (χ3v) is 3.68. The zero-order chi connectivity index (χ0) is 11.8. The van der Waals surface area contributed by atoms with Crippen LogP contribution in [0, 0.1) is 5.92 Å². The molecular formula is C14H27NO. The van der Waals surface area contributed by atoms with Gasteiger partial charge < -0.3 is 4.90 Å². The van der Waals surface area contributed by atoms with Gasteiger partial charge in [0.05, 0.1) is 0 Å². The van der Waals surface area contributed by atoms with Crippen LogP contribution in [0.25, 0.3) is 0 Å². The molecule has 1 heterocycles.